The Balaban J connectivity index is 2.15. The first-order chi connectivity index (χ1) is 13.0. The normalized spacial score (nSPS) is 9.93. The summed E-state index contributed by atoms with van der Waals surface area (Å²) in [6.45, 7) is 4.31. The first kappa shape index (κ1) is 20.1. The van der Waals surface area contributed by atoms with Gasteiger partial charge >= 0.3 is 12.1 Å². The number of rotatable bonds is 5. The SMILES string of the molecule is COC(=O)c1ccc(C#CCC(C)C)c(NC(=O)OCc2ccccc2)c1. The maximum Gasteiger partial charge on any atom is 0.411 e. The number of amides is 1. The number of carbonyl (C=O) groups excluding carboxylic acids is 2. The fourth-order valence-corrected chi connectivity index (χ4v) is 2.22. The molecule has 27 heavy (non-hydrogen) atoms. The summed E-state index contributed by atoms with van der Waals surface area (Å²) in [6.07, 6.45) is 0.115. The van der Waals surface area contributed by atoms with Gasteiger partial charge in [0.15, 0.2) is 0 Å². The van der Waals surface area contributed by atoms with Crippen molar-refractivity contribution in [3.63, 3.8) is 0 Å². The quantitative estimate of drug-likeness (QED) is 0.620. The van der Waals surface area contributed by atoms with E-state index < -0.39 is 12.1 Å². The molecule has 0 heterocycles. The van der Waals surface area contributed by atoms with Crippen LogP contribution >= 0.6 is 0 Å². The first-order valence-electron chi connectivity index (χ1n) is 8.68. The van der Waals surface area contributed by atoms with Crippen LogP contribution in [-0.4, -0.2) is 19.2 Å². The summed E-state index contributed by atoms with van der Waals surface area (Å²) in [4.78, 5) is 23.9. The largest absolute Gasteiger partial charge is 0.465 e. The Morgan fingerprint density at radius 3 is 2.52 bits per heavy atom. The van der Waals surface area contributed by atoms with Crippen molar-refractivity contribution >= 4 is 17.7 Å². The zero-order valence-electron chi connectivity index (χ0n) is 15.7. The van der Waals surface area contributed by atoms with Crippen LogP contribution in [0, 0.1) is 17.8 Å². The molecule has 0 aromatic heterocycles. The van der Waals surface area contributed by atoms with Crippen LogP contribution in [0.5, 0.6) is 0 Å². The van der Waals surface area contributed by atoms with E-state index in [1.807, 2.05) is 30.3 Å². The number of esters is 1. The smallest absolute Gasteiger partial charge is 0.411 e. The minimum atomic E-state index is -0.618. The lowest BCUT2D eigenvalue weighted by molar-refractivity contribution is 0.0600. The Morgan fingerprint density at radius 2 is 1.85 bits per heavy atom. The summed E-state index contributed by atoms with van der Waals surface area (Å²) in [7, 11) is 1.31. The van der Waals surface area contributed by atoms with E-state index >= 15 is 0 Å². The van der Waals surface area contributed by atoms with Crippen LogP contribution in [0.2, 0.25) is 0 Å². The molecule has 2 aromatic rings. The van der Waals surface area contributed by atoms with Crippen molar-refractivity contribution in [3.05, 3.63) is 65.2 Å². The van der Waals surface area contributed by atoms with Crippen LogP contribution in [0.1, 0.15) is 41.8 Å². The molecule has 140 valence electrons. The van der Waals surface area contributed by atoms with Crippen molar-refractivity contribution in [2.24, 2.45) is 5.92 Å². The van der Waals surface area contributed by atoms with E-state index in [1.165, 1.54) is 13.2 Å². The summed E-state index contributed by atoms with van der Waals surface area (Å²) in [6, 6.07) is 14.2. The lowest BCUT2D eigenvalue weighted by Crippen LogP contribution is -2.15. The third kappa shape index (κ3) is 6.52. The average Bonchev–Trinajstić information content (AvgIpc) is 2.67. The van der Waals surface area contributed by atoms with Gasteiger partial charge in [0.1, 0.15) is 6.61 Å². The van der Waals surface area contributed by atoms with E-state index in [9.17, 15) is 9.59 Å². The van der Waals surface area contributed by atoms with Gasteiger partial charge in [-0.2, -0.15) is 0 Å². The highest BCUT2D eigenvalue weighted by atomic mass is 16.5. The van der Waals surface area contributed by atoms with Gasteiger partial charge in [-0.15, -0.1) is 0 Å². The van der Waals surface area contributed by atoms with Crippen molar-refractivity contribution in [1.29, 1.82) is 0 Å². The Morgan fingerprint density at radius 1 is 1.11 bits per heavy atom. The third-order valence-electron chi connectivity index (χ3n) is 3.62. The third-order valence-corrected chi connectivity index (χ3v) is 3.62. The van der Waals surface area contributed by atoms with E-state index in [0.717, 1.165) is 12.0 Å². The molecular weight excluding hydrogens is 342 g/mol. The van der Waals surface area contributed by atoms with Crippen LogP contribution in [-0.2, 0) is 16.1 Å². The van der Waals surface area contributed by atoms with Crippen molar-refractivity contribution in [1.82, 2.24) is 0 Å². The molecule has 0 atom stereocenters. The Bertz CT molecular complexity index is 848. The van der Waals surface area contributed by atoms with E-state index in [2.05, 4.69) is 31.0 Å². The highest BCUT2D eigenvalue weighted by Crippen LogP contribution is 2.19. The molecule has 0 radical (unpaired) electrons. The molecular formula is C22H23NO4. The second-order valence-corrected chi connectivity index (χ2v) is 6.34. The number of benzene rings is 2. The van der Waals surface area contributed by atoms with Crippen LogP contribution in [0.4, 0.5) is 10.5 Å². The molecule has 0 aliphatic rings. The molecule has 0 saturated heterocycles. The van der Waals surface area contributed by atoms with Crippen LogP contribution in [0.3, 0.4) is 0 Å². The topological polar surface area (TPSA) is 64.6 Å². The van der Waals surface area contributed by atoms with Gasteiger partial charge in [-0.1, -0.05) is 56.0 Å². The van der Waals surface area contributed by atoms with E-state index in [0.29, 0.717) is 22.7 Å². The van der Waals surface area contributed by atoms with E-state index in [1.54, 1.807) is 12.1 Å². The molecule has 0 unspecified atom stereocenters. The minimum Gasteiger partial charge on any atom is -0.465 e. The number of hydrogen-bond donors (Lipinski definition) is 1. The predicted octanol–water partition coefficient (Wildman–Crippen LogP) is 4.62. The average molecular weight is 365 g/mol. The molecule has 0 saturated carbocycles. The highest BCUT2D eigenvalue weighted by Gasteiger charge is 2.12. The number of carbonyl (C=O) groups is 2. The fraction of sp³-hybridized carbons (Fsp3) is 0.273. The number of ether oxygens (including phenoxy) is 2. The van der Waals surface area contributed by atoms with Crippen molar-refractivity contribution in [2.75, 3.05) is 12.4 Å². The van der Waals surface area contributed by atoms with Gasteiger partial charge in [-0.05, 0) is 29.7 Å². The van der Waals surface area contributed by atoms with Gasteiger partial charge in [0, 0.05) is 12.0 Å². The summed E-state index contributed by atoms with van der Waals surface area (Å²) < 4.78 is 9.98. The fourth-order valence-electron chi connectivity index (χ4n) is 2.22. The maximum absolute atomic E-state index is 12.2. The summed E-state index contributed by atoms with van der Waals surface area (Å²) >= 11 is 0. The molecule has 2 rings (SSSR count). The molecule has 1 N–H and O–H groups in total. The first-order valence-corrected chi connectivity index (χ1v) is 8.68. The molecule has 2 aromatic carbocycles. The molecule has 0 aliphatic carbocycles. The number of nitrogens with one attached hydrogen (secondary N) is 1. The van der Waals surface area contributed by atoms with Gasteiger partial charge in [0.25, 0.3) is 0 Å². The molecule has 5 heteroatoms. The molecule has 1 amide bonds. The molecule has 5 nitrogen and oxygen atoms in total. The van der Waals surface area contributed by atoms with E-state index in [4.69, 9.17) is 9.47 Å². The van der Waals surface area contributed by atoms with Crippen molar-refractivity contribution in [3.8, 4) is 11.8 Å². The van der Waals surface area contributed by atoms with Gasteiger partial charge in [0.05, 0.1) is 18.4 Å². The summed E-state index contributed by atoms with van der Waals surface area (Å²) in [5, 5.41) is 2.67. The predicted molar refractivity (Wildman–Crippen MR) is 104 cm³/mol. The summed E-state index contributed by atoms with van der Waals surface area (Å²) in [5.74, 6) is 6.07. The number of methoxy groups -OCH3 is 1. The van der Waals surface area contributed by atoms with Gasteiger partial charge in [0.2, 0.25) is 0 Å². The monoisotopic (exact) mass is 365 g/mol. The van der Waals surface area contributed by atoms with Gasteiger partial charge in [-0.3, -0.25) is 5.32 Å². The highest BCUT2D eigenvalue weighted by molar-refractivity contribution is 5.93. The minimum absolute atomic E-state index is 0.151. The maximum atomic E-state index is 12.2. The van der Waals surface area contributed by atoms with E-state index in [-0.39, 0.29) is 6.61 Å². The molecule has 0 fully saturated rings. The van der Waals surface area contributed by atoms with Gasteiger partial charge in [-0.25, -0.2) is 9.59 Å². The molecule has 0 bridgehead atoms. The zero-order chi connectivity index (χ0) is 19.6. The Labute approximate surface area is 159 Å². The Kier molecular flexibility index (Phi) is 7.45. The lowest BCUT2D eigenvalue weighted by atomic mass is 10.1. The number of hydrogen-bond acceptors (Lipinski definition) is 4. The standard InChI is InChI=1S/C22H23NO4/c1-16(2)8-7-11-18-12-13-19(21(24)26-3)14-20(18)23-22(25)27-15-17-9-5-4-6-10-17/h4-6,9-10,12-14,16H,8,15H2,1-3H3,(H,23,25). The summed E-state index contributed by atoms with van der Waals surface area (Å²) in [5.41, 5.74) is 2.23. The Hall–Kier alpha value is -3.26. The van der Waals surface area contributed by atoms with Crippen LogP contribution < -0.4 is 5.32 Å². The second-order valence-electron chi connectivity index (χ2n) is 6.34. The van der Waals surface area contributed by atoms with Crippen LogP contribution in [0.25, 0.3) is 0 Å². The lowest BCUT2D eigenvalue weighted by Gasteiger charge is -2.10. The van der Waals surface area contributed by atoms with Crippen molar-refractivity contribution in [2.45, 2.75) is 26.9 Å². The number of anilines is 1. The molecule has 0 spiro atoms. The second kappa shape index (κ2) is 10.0. The van der Waals surface area contributed by atoms with Gasteiger partial charge < -0.3 is 9.47 Å². The van der Waals surface area contributed by atoms with Crippen LogP contribution in [0.15, 0.2) is 48.5 Å². The molecule has 0 aliphatic heterocycles. The van der Waals surface area contributed by atoms with Crippen molar-refractivity contribution < 1.29 is 19.1 Å². The zero-order valence-corrected chi connectivity index (χ0v) is 15.7.